The minimum absolute atomic E-state index is 0.276. The topological polar surface area (TPSA) is 29.4 Å². The van der Waals surface area contributed by atoms with Crippen LogP contribution >= 0.6 is 12.6 Å². The van der Waals surface area contributed by atoms with Crippen molar-refractivity contribution in [2.75, 3.05) is 5.75 Å². The Morgan fingerprint density at radius 3 is 2.50 bits per heavy atom. The van der Waals surface area contributed by atoms with Crippen molar-refractivity contribution in [2.24, 2.45) is 5.18 Å². The minimum Gasteiger partial charge on any atom is -0.173 e. The van der Waals surface area contributed by atoms with Crippen LogP contribution in [0.4, 0.5) is 0 Å². The van der Waals surface area contributed by atoms with Crippen molar-refractivity contribution in [3.05, 3.63) is 17.2 Å². The highest BCUT2D eigenvalue weighted by molar-refractivity contribution is 7.80. The van der Waals surface area contributed by atoms with Gasteiger partial charge in [-0.3, -0.25) is 0 Å². The molecule has 6 heavy (non-hydrogen) atoms. The highest BCUT2D eigenvalue weighted by Gasteiger charge is 1.80. The summed E-state index contributed by atoms with van der Waals surface area (Å²) in [6.45, 7) is 3.24. The molecule has 0 aromatic rings. The van der Waals surface area contributed by atoms with Crippen molar-refractivity contribution >= 4 is 12.6 Å². The standard InChI is InChI=1S/C3H5NOS/c1-3(2-6)4-5/h6H,1-2H2. The molecular formula is C3H5NOS. The Bertz CT molecular complexity index is 71.2. The molecule has 0 spiro atoms. The highest BCUT2D eigenvalue weighted by Crippen LogP contribution is 1.90. The molecule has 0 N–H and O–H groups in total. The van der Waals surface area contributed by atoms with E-state index in [4.69, 9.17) is 0 Å². The molecule has 0 aliphatic carbocycles. The van der Waals surface area contributed by atoms with Gasteiger partial charge in [-0.15, -0.1) is 4.91 Å². The van der Waals surface area contributed by atoms with Crippen LogP contribution in [0, 0.1) is 4.91 Å². The van der Waals surface area contributed by atoms with E-state index in [9.17, 15) is 4.91 Å². The molecule has 0 fully saturated rings. The summed E-state index contributed by atoms with van der Waals surface area (Å²) in [5.74, 6) is 0.351. The summed E-state index contributed by atoms with van der Waals surface area (Å²) < 4.78 is 0. The summed E-state index contributed by atoms with van der Waals surface area (Å²) in [6.07, 6.45) is 0. The van der Waals surface area contributed by atoms with Crippen molar-refractivity contribution < 1.29 is 0 Å². The molecule has 0 aliphatic heterocycles. The molecule has 0 atom stereocenters. The first kappa shape index (κ1) is 5.69. The number of nitroso groups, excluding NO2 is 1. The normalized spacial score (nSPS) is 7.50. The molecule has 0 saturated heterocycles. The largest absolute Gasteiger partial charge is 0.173 e. The summed E-state index contributed by atoms with van der Waals surface area (Å²) in [7, 11) is 0. The molecular weight excluding hydrogens is 98.1 g/mol. The lowest BCUT2D eigenvalue weighted by molar-refractivity contribution is 1.33. The van der Waals surface area contributed by atoms with Crippen LogP contribution in [-0.2, 0) is 0 Å². The van der Waals surface area contributed by atoms with E-state index in [1.165, 1.54) is 0 Å². The first-order valence-corrected chi connectivity index (χ1v) is 2.06. The van der Waals surface area contributed by atoms with Crippen LogP contribution in [0.3, 0.4) is 0 Å². The van der Waals surface area contributed by atoms with Gasteiger partial charge in [0.15, 0.2) is 0 Å². The zero-order chi connectivity index (χ0) is 4.99. The van der Waals surface area contributed by atoms with Gasteiger partial charge in [0.1, 0.15) is 0 Å². The molecule has 0 saturated carbocycles. The van der Waals surface area contributed by atoms with Gasteiger partial charge >= 0.3 is 0 Å². The molecule has 0 heterocycles. The molecule has 3 heteroatoms. The summed E-state index contributed by atoms with van der Waals surface area (Å²) in [5.41, 5.74) is 0.276. The predicted molar refractivity (Wildman–Crippen MR) is 28.8 cm³/mol. The van der Waals surface area contributed by atoms with E-state index < -0.39 is 0 Å². The molecule has 0 amide bonds. The monoisotopic (exact) mass is 103 g/mol. The fourth-order valence-corrected chi connectivity index (χ4v) is 0.0866. The van der Waals surface area contributed by atoms with Crippen molar-refractivity contribution in [1.82, 2.24) is 0 Å². The van der Waals surface area contributed by atoms with E-state index in [1.807, 2.05) is 0 Å². The second kappa shape index (κ2) is 2.90. The third-order valence-electron chi connectivity index (χ3n) is 0.312. The Balaban J connectivity index is 3.23. The van der Waals surface area contributed by atoms with E-state index in [2.05, 4.69) is 24.4 Å². The first-order valence-electron chi connectivity index (χ1n) is 1.43. The van der Waals surface area contributed by atoms with Crippen LogP contribution in [0.25, 0.3) is 0 Å². The number of nitrogens with zero attached hydrogens (tertiary/aromatic N) is 1. The number of hydrogen-bond acceptors (Lipinski definition) is 3. The Kier molecular flexibility index (Phi) is 2.75. The van der Waals surface area contributed by atoms with E-state index in [-0.39, 0.29) is 5.70 Å². The summed E-state index contributed by atoms with van der Waals surface area (Å²) in [6, 6.07) is 0. The molecule has 0 radical (unpaired) electrons. The zero-order valence-electron chi connectivity index (χ0n) is 3.22. The fourth-order valence-electron chi connectivity index (χ4n) is 0.0289. The molecule has 0 rings (SSSR count). The Labute approximate surface area is 41.6 Å². The lowest BCUT2D eigenvalue weighted by atomic mass is 10.6. The Hall–Kier alpha value is -0.310. The highest BCUT2D eigenvalue weighted by atomic mass is 32.1. The van der Waals surface area contributed by atoms with Crippen LogP contribution in [0.5, 0.6) is 0 Å². The van der Waals surface area contributed by atoms with E-state index in [1.54, 1.807) is 0 Å². The van der Waals surface area contributed by atoms with Crippen LogP contribution in [0.2, 0.25) is 0 Å². The summed E-state index contributed by atoms with van der Waals surface area (Å²) >= 11 is 3.70. The third-order valence-corrected chi connectivity index (χ3v) is 0.677. The second-order valence-corrected chi connectivity index (χ2v) is 1.13. The Morgan fingerprint density at radius 2 is 2.50 bits per heavy atom. The molecule has 0 aromatic carbocycles. The second-order valence-electron chi connectivity index (χ2n) is 0.816. The van der Waals surface area contributed by atoms with Gasteiger partial charge in [0.2, 0.25) is 0 Å². The Morgan fingerprint density at radius 1 is 2.00 bits per heavy atom. The van der Waals surface area contributed by atoms with Gasteiger partial charge in [0.25, 0.3) is 0 Å². The quantitative estimate of drug-likeness (QED) is 0.413. The molecule has 0 bridgehead atoms. The van der Waals surface area contributed by atoms with Gasteiger partial charge in [-0.05, 0) is 5.18 Å². The average Bonchev–Trinajstić information content (AvgIpc) is 1.65. The van der Waals surface area contributed by atoms with Gasteiger partial charge < -0.3 is 0 Å². The molecule has 2 nitrogen and oxygen atoms in total. The third kappa shape index (κ3) is 1.96. The van der Waals surface area contributed by atoms with E-state index in [0.717, 1.165) is 0 Å². The average molecular weight is 103 g/mol. The number of thiol groups is 1. The van der Waals surface area contributed by atoms with E-state index in [0.29, 0.717) is 5.75 Å². The van der Waals surface area contributed by atoms with Crippen molar-refractivity contribution in [1.29, 1.82) is 0 Å². The first-order chi connectivity index (χ1) is 2.81. The van der Waals surface area contributed by atoms with Gasteiger partial charge in [-0.25, -0.2) is 0 Å². The maximum Gasteiger partial charge on any atom is 0.0873 e. The van der Waals surface area contributed by atoms with Gasteiger partial charge in [-0.2, -0.15) is 12.6 Å². The predicted octanol–water partition coefficient (Wildman–Crippen LogP) is 1.20. The number of rotatable bonds is 2. The number of hydrogen-bond donors (Lipinski definition) is 1. The van der Waals surface area contributed by atoms with Gasteiger partial charge in [0.05, 0.1) is 5.70 Å². The van der Waals surface area contributed by atoms with Crippen molar-refractivity contribution in [2.45, 2.75) is 0 Å². The maximum atomic E-state index is 9.34. The zero-order valence-corrected chi connectivity index (χ0v) is 4.11. The van der Waals surface area contributed by atoms with Crippen molar-refractivity contribution in [3.8, 4) is 0 Å². The lowest BCUT2D eigenvalue weighted by Gasteiger charge is -1.76. The molecule has 34 valence electrons. The summed E-state index contributed by atoms with van der Waals surface area (Å²) in [4.78, 5) is 9.34. The van der Waals surface area contributed by atoms with Crippen LogP contribution < -0.4 is 0 Å². The van der Waals surface area contributed by atoms with E-state index >= 15 is 0 Å². The smallest absolute Gasteiger partial charge is 0.0873 e. The van der Waals surface area contributed by atoms with Gasteiger partial charge in [0, 0.05) is 5.75 Å². The molecule has 0 aromatic heterocycles. The molecule has 0 unspecified atom stereocenters. The SMILES string of the molecule is C=C(CS)N=O. The molecule has 0 aliphatic rings. The lowest BCUT2D eigenvalue weighted by Crippen LogP contribution is -1.69. The van der Waals surface area contributed by atoms with Crippen molar-refractivity contribution in [3.63, 3.8) is 0 Å². The fraction of sp³-hybridized carbons (Fsp3) is 0.333. The van der Waals surface area contributed by atoms with Crippen LogP contribution in [0.15, 0.2) is 17.5 Å². The minimum atomic E-state index is 0.276. The van der Waals surface area contributed by atoms with Crippen LogP contribution in [-0.4, -0.2) is 5.75 Å². The maximum absolute atomic E-state index is 9.34. The van der Waals surface area contributed by atoms with Crippen LogP contribution in [0.1, 0.15) is 0 Å². The summed E-state index contributed by atoms with van der Waals surface area (Å²) in [5, 5.41) is 2.49. The van der Waals surface area contributed by atoms with Gasteiger partial charge in [-0.1, -0.05) is 6.58 Å².